The third kappa shape index (κ3) is 4.52. The lowest BCUT2D eigenvalue weighted by Gasteiger charge is -2.29. The van der Waals surface area contributed by atoms with Crippen LogP contribution in [0.25, 0.3) is 0 Å². The first-order chi connectivity index (χ1) is 12.6. The van der Waals surface area contributed by atoms with Crippen LogP contribution in [0.15, 0.2) is 47.5 Å². The van der Waals surface area contributed by atoms with Crippen molar-refractivity contribution in [3.63, 3.8) is 0 Å². The molecule has 2 aromatic rings. The molecule has 0 spiro atoms. The normalized spacial score (nSPS) is 18.3. The smallest absolute Gasteiger partial charge is 0.218 e. The van der Waals surface area contributed by atoms with Crippen LogP contribution in [0.2, 0.25) is 0 Å². The average molecular weight is 366 g/mol. The highest BCUT2D eigenvalue weighted by molar-refractivity contribution is 5.99. The highest BCUT2D eigenvalue weighted by Gasteiger charge is 2.33. The van der Waals surface area contributed by atoms with Crippen LogP contribution in [0.3, 0.4) is 0 Å². The zero-order chi connectivity index (χ0) is 19.8. The Morgan fingerprint density at radius 1 is 1.00 bits per heavy atom. The highest BCUT2D eigenvalue weighted by atomic mass is 16.5. The maximum absolute atomic E-state index is 6.41. The largest absolute Gasteiger partial charge is 0.497 e. The van der Waals surface area contributed by atoms with Gasteiger partial charge in [-0.1, -0.05) is 50.6 Å². The first kappa shape index (κ1) is 19.5. The van der Waals surface area contributed by atoms with Crippen LogP contribution >= 0.6 is 0 Å². The van der Waals surface area contributed by atoms with Crippen LogP contribution in [-0.2, 0) is 4.74 Å². The predicted molar refractivity (Wildman–Crippen MR) is 112 cm³/mol. The molecule has 1 unspecified atom stereocenters. The lowest BCUT2D eigenvalue weighted by molar-refractivity contribution is 0.239. The second-order valence-corrected chi connectivity index (χ2v) is 9.33. The lowest BCUT2D eigenvalue weighted by Crippen LogP contribution is -2.26. The zero-order valence-electron chi connectivity index (χ0n) is 17.6. The SMILES string of the molecule is COc1ccc(C2OC(=NC(C)(C)CC(C)(C)C)c3cc(C)ccc32)cc1. The molecular formula is C24H31NO2. The summed E-state index contributed by atoms with van der Waals surface area (Å²) in [7, 11) is 1.68. The van der Waals surface area contributed by atoms with E-state index in [9.17, 15) is 0 Å². The van der Waals surface area contributed by atoms with E-state index in [1.54, 1.807) is 7.11 Å². The van der Waals surface area contributed by atoms with Crippen molar-refractivity contribution >= 4 is 5.90 Å². The highest BCUT2D eigenvalue weighted by Crippen LogP contribution is 2.39. The fourth-order valence-electron chi connectivity index (χ4n) is 4.05. The van der Waals surface area contributed by atoms with E-state index in [-0.39, 0.29) is 17.1 Å². The first-order valence-electron chi connectivity index (χ1n) is 9.59. The molecule has 0 aliphatic carbocycles. The Balaban J connectivity index is 2.00. The molecule has 1 atom stereocenters. The number of fused-ring (bicyclic) bond motifs is 1. The van der Waals surface area contributed by atoms with Crippen molar-refractivity contribution in [3.8, 4) is 5.75 Å². The van der Waals surface area contributed by atoms with Gasteiger partial charge < -0.3 is 9.47 Å². The molecule has 0 amide bonds. The molecule has 0 N–H and O–H groups in total. The van der Waals surface area contributed by atoms with Crippen molar-refractivity contribution in [1.29, 1.82) is 0 Å². The number of benzene rings is 2. The molecule has 3 heteroatoms. The van der Waals surface area contributed by atoms with E-state index >= 15 is 0 Å². The number of rotatable bonds is 4. The van der Waals surface area contributed by atoms with E-state index in [1.807, 2.05) is 12.1 Å². The Morgan fingerprint density at radius 3 is 2.26 bits per heavy atom. The Bertz CT molecular complexity index is 842. The first-order valence-corrected chi connectivity index (χ1v) is 9.59. The van der Waals surface area contributed by atoms with Crippen molar-refractivity contribution in [2.24, 2.45) is 10.4 Å². The molecule has 1 aliphatic rings. The molecule has 27 heavy (non-hydrogen) atoms. The Hall–Kier alpha value is -2.29. The van der Waals surface area contributed by atoms with Gasteiger partial charge in [0, 0.05) is 11.1 Å². The van der Waals surface area contributed by atoms with Gasteiger partial charge in [0.15, 0.2) is 6.10 Å². The van der Waals surface area contributed by atoms with Crippen LogP contribution in [-0.4, -0.2) is 18.5 Å². The Kier molecular flexibility index (Phi) is 5.07. The second-order valence-electron chi connectivity index (χ2n) is 9.33. The summed E-state index contributed by atoms with van der Waals surface area (Å²) in [4.78, 5) is 5.05. The fraction of sp³-hybridized carbons (Fsp3) is 0.458. The number of ether oxygens (including phenoxy) is 2. The predicted octanol–water partition coefficient (Wildman–Crippen LogP) is 6.08. The Morgan fingerprint density at radius 2 is 1.67 bits per heavy atom. The minimum absolute atomic E-state index is 0.129. The zero-order valence-corrected chi connectivity index (χ0v) is 17.6. The number of hydrogen-bond donors (Lipinski definition) is 0. The molecule has 1 heterocycles. The van der Waals surface area contributed by atoms with Crippen molar-refractivity contribution in [2.75, 3.05) is 7.11 Å². The van der Waals surface area contributed by atoms with Crippen LogP contribution < -0.4 is 4.74 Å². The number of methoxy groups -OCH3 is 1. The lowest BCUT2D eigenvalue weighted by atomic mass is 9.82. The van der Waals surface area contributed by atoms with E-state index in [2.05, 4.69) is 71.9 Å². The van der Waals surface area contributed by atoms with Crippen LogP contribution in [0.4, 0.5) is 0 Å². The maximum Gasteiger partial charge on any atom is 0.218 e. The van der Waals surface area contributed by atoms with Crippen molar-refractivity contribution in [3.05, 3.63) is 64.7 Å². The molecule has 3 rings (SSSR count). The second kappa shape index (κ2) is 7.03. The average Bonchev–Trinajstić information content (AvgIpc) is 2.90. The molecule has 0 aromatic heterocycles. The summed E-state index contributed by atoms with van der Waals surface area (Å²) >= 11 is 0. The summed E-state index contributed by atoms with van der Waals surface area (Å²) in [6, 6.07) is 14.6. The molecule has 0 fully saturated rings. The van der Waals surface area contributed by atoms with E-state index in [0.29, 0.717) is 0 Å². The minimum atomic E-state index is -0.191. The molecule has 144 valence electrons. The summed E-state index contributed by atoms with van der Waals surface area (Å²) < 4.78 is 11.7. The third-order valence-corrected chi connectivity index (χ3v) is 4.74. The Labute approximate surface area is 163 Å². The van der Waals surface area contributed by atoms with Gasteiger partial charge in [-0.2, -0.15) is 0 Å². The summed E-state index contributed by atoms with van der Waals surface area (Å²) in [6.45, 7) is 13.2. The van der Waals surface area contributed by atoms with Crippen LogP contribution in [0, 0.1) is 12.3 Å². The molecule has 3 nitrogen and oxygen atoms in total. The fourth-order valence-corrected chi connectivity index (χ4v) is 4.05. The van der Waals surface area contributed by atoms with E-state index in [4.69, 9.17) is 14.5 Å². The van der Waals surface area contributed by atoms with E-state index in [0.717, 1.165) is 29.2 Å². The van der Waals surface area contributed by atoms with Crippen molar-refractivity contribution < 1.29 is 9.47 Å². The monoisotopic (exact) mass is 365 g/mol. The molecular weight excluding hydrogens is 334 g/mol. The standard InChI is InChI=1S/C24H31NO2/c1-16-8-13-19-20(14-16)22(25-24(5,6)15-23(2,3)4)27-21(19)17-9-11-18(26-7)12-10-17/h8-14,21H,15H2,1-7H3. The van der Waals surface area contributed by atoms with Crippen LogP contribution in [0.5, 0.6) is 5.75 Å². The van der Waals surface area contributed by atoms with Gasteiger partial charge in [-0.05, 0) is 56.4 Å². The third-order valence-electron chi connectivity index (χ3n) is 4.74. The maximum atomic E-state index is 6.41. The summed E-state index contributed by atoms with van der Waals surface area (Å²) in [5.41, 5.74) is 4.63. The van der Waals surface area contributed by atoms with Gasteiger partial charge in [0.1, 0.15) is 5.75 Å². The van der Waals surface area contributed by atoms with Gasteiger partial charge in [-0.15, -0.1) is 0 Å². The van der Waals surface area contributed by atoms with E-state index in [1.165, 1.54) is 11.1 Å². The number of aryl methyl sites for hydroxylation is 1. The molecule has 0 bridgehead atoms. The van der Waals surface area contributed by atoms with Gasteiger partial charge >= 0.3 is 0 Å². The number of nitrogens with zero attached hydrogens (tertiary/aromatic N) is 1. The summed E-state index contributed by atoms with van der Waals surface area (Å²) in [6.07, 6.45) is 0.858. The van der Waals surface area contributed by atoms with Crippen molar-refractivity contribution in [2.45, 2.75) is 59.6 Å². The minimum Gasteiger partial charge on any atom is -0.497 e. The number of hydrogen-bond acceptors (Lipinski definition) is 3. The van der Waals surface area contributed by atoms with Gasteiger partial charge in [0.2, 0.25) is 5.90 Å². The van der Waals surface area contributed by atoms with Crippen molar-refractivity contribution in [1.82, 2.24) is 0 Å². The molecule has 0 saturated carbocycles. The number of aliphatic imine (C=N–C) groups is 1. The summed E-state index contributed by atoms with van der Waals surface area (Å²) in [5, 5.41) is 0. The molecule has 0 saturated heterocycles. The molecule has 2 aromatic carbocycles. The molecule has 0 radical (unpaired) electrons. The van der Waals surface area contributed by atoms with Crippen LogP contribution in [0.1, 0.15) is 69.4 Å². The van der Waals surface area contributed by atoms with Gasteiger partial charge in [0.25, 0.3) is 0 Å². The summed E-state index contributed by atoms with van der Waals surface area (Å²) in [5.74, 6) is 1.60. The quantitative estimate of drug-likeness (QED) is 0.657. The molecule has 1 aliphatic heterocycles. The van der Waals surface area contributed by atoms with Gasteiger partial charge in [-0.25, -0.2) is 4.99 Å². The van der Waals surface area contributed by atoms with E-state index < -0.39 is 0 Å². The van der Waals surface area contributed by atoms with Gasteiger partial charge in [0.05, 0.1) is 12.6 Å². The van der Waals surface area contributed by atoms with Gasteiger partial charge in [-0.3, -0.25) is 0 Å². The topological polar surface area (TPSA) is 30.8 Å².